The Kier molecular flexibility index (Phi) is 6.73. The predicted octanol–water partition coefficient (Wildman–Crippen LogP) is 4.72. The van der Waals surface area contributed by atoms with Gasteiger partial charge in [0.05, 0.1) is 23.8 Å². The molecule has 1 unspecified atom stereocenters. The van der Waals surface area contributed by atoms with Crippen molar-refractivity contribution < 1.29 is 9.90 Å². The molecule has 0 aliphatic carbocycles. The third kappa shape index (κ3) is 4.47. The molecule has 1 heterocycles. The normalized spacial score (nSPS) is 12.4. The van der Waals surface area contributed by atoms with Crippen LogP contribution in [0.2, 0.25) is 0 Å². The average molecular weight is 444 g/mol. The van der Waals surface area contributed by atoms with Crippen molar-refractivity contribution in [1.82, 2.24) is 9.55 Å². The number of nitrogens with zero attached hydrogens (tertiary/aromatic N) is 2. The van der Waals surface area contributed by atoms with E-state index in [1.807, 2.05) is 30.7 Å². The molecule has 3 aromatic carbocycles. The fraction of sp³-hybridized carbons (Fsp3) is 0.154. The standard InChI is InChI=1S/C26H25N3O2S/c27-24(16-25(30)31)32-18-23-17-29(19-28-23)26(20-10-4-1-5-11-20,21-12-6-2-7-13-21)22-14-8-3-9-15-22/h1-15,17,19,24H,16,18,27H2,(H,30,31). The van der Waals surface area contributed by atoms with Crippen molar-refractivity contribution in [2.75, 3.05) is 0 Å². The molecule has 4 rings (SSSR count). The maximum absolute atomic E-state index is 10.9. The lowest BCUT2D eigenvalue weighted by atomic mass is 9.77. The zero-order chi connectivity index (χ0) is 22.4. The molecule has 0 amide bonds. The number of aliphatic carboxylic acids is 1. The molecular weight excluding hydrogens is 418 g/mol. The zero-order valence-corrected chi connectivity index (χ0v) is 18.4. The topological polar surface area (TPSA) is 81.1 Å². The number of benzene rings is 3. The van der Waals surface area contributed by atoms with Gasteiger partial charge in [0.2, 0.25) is 0 Å². The molecule has 4 aromatic rings. The van der Waals surface area contributed by atoms with Crippen molar-refractivity contribution in [3.05, 3.63) is 126 Å². The van der Waals surface area contributed by atoms with E-state index in [1.54, 1.807) is 0 Å². The van der Waals surface area contributed by atoms with Crippen molar-refractivity contribution >= 4 is 17.7 Å². The van der Waals surface area contributed by atoms with Crippen molar-refractivity contribution in [2.45, 2.75) is 23.1 Å². The fourth-order valence-corrected chi connectivity index (χ4v) is 4.82. The van der Waals surface area contributed by atoms with E-state index in [9.17, 15) is 4.79 Å². The van der Waals surface area contributed by atoms with Gasteiger partial charge in [-0.25, -0.2) is 4.98 Å². The van der Waals surface area contributed by atoms with Crippen LogP contribution >= 0.6 is 11.8 Å². The SMILES string of the molecule is NC(CC(=O)O)SCc1cn(C(c2ccccc2)(c2ccccc2)c2ccccc2)cn1. The maximum Gasteiger partial charge on any atom is 0.305 e. The largest absolute Gasteiger partial charge is 0.481 e. The van der Waals surface area contributed by atoms with Crippen molar-refractivity contribution in [2.24, 2.45) is 5.73 Å². The van der Waals surface area contributed by atoms with Gasteiger partial charge in [-0.3, -0.25) is 4.79 Å². The number of carboxylic acid groups (broad SMARTS) is 1. The van der Waals surface area contributed by atoms with Gasteiger partial charge in [0.1, 0.15) is 5.54 Å². The second-order valence-corrected chi connectivity index (χ2v) is 8.76. The van der Waals surface area contributed by atoms with Crippen molar-refractivity contribution in [1.29, 1.82) is 0 Å². The summed E-state index contributed by atoms with van der Waals surface area (Å²) in [4.78, 5) is 15.6. The average Bonchev–Trinajstić information content (AvgIpc) is 3.29. The Hall–Kier alpha value is -3.35. The van der Waals surface area contributed by atoms with Gasteiger partial charge >= 0.3 is 5.97 Å². The van der Waals surface area contributed by atoms with Gasteiger partial charge in [-0.1, -0.05) is 91.0 Å². The second kappa shape index (κ2) is 9.85. The van der Waals surface area contributed by atoms with Gasteiger partial charge in [0.15, 0.2) is 0 Å². The molecule has 5 nitrogen and oxygen atoms in total. The Morgan fingerprint density at radius 2 is 1.38 bits per heavy atom. The maximum atomic E-state index is 10.9. The molecule has 0 saturated heterocycles. The summed E-state index contributed by atoms with van der Waals surface area (Å²) in [6.07, 6.45) is 3.81. The van der Waals surface area contributed by atoms with Crippen LogP contribution in [0, 0.1) is 0 Å². The first-order chi connectivity index (χ1) is 15.6. The number of imidazole rings is 1. The molecule has 0 radical (unpaired) electrons. The molecule has 0 aliphatic rings. The minimum absolute atomic E-state index is 0.0760. The molecule has 0 fully saturated rings. The molecule has 1 aromatic heterocycles. The first kappa shape index (κ1) is 21.9. The summed E-state index contributed by atoms with van der Waals surface area (Å²) < 4.78 is 2.14. The van der Waals surface area contributed by atoms with Gasteiger partial charge in [-0.05, 0) is 16.7 Å². The van der Waals surface area contributed by atoms with Crippen molar-refractivity contribution in [3.8, 4) is 0 Å². The third-order valence-corrected chi connectivity index (χ3v) is 6.48. The lowest BCUT2D eigenvalue weighted by Crippen LogP contribution is -2.36. The first-order valence-corrected chi connectivity index (χ1v) is 11.4. The molecule has 6 heteroatoms. The van der Waals surface area contributed by atoms with Gasteiger partial charge < -0.3 is 15.4 Å². The van der Waals surface area contributed by atoms with Crippen LogP contribution in [-0.4, -0.2) is 26.0 Å². The summed E-state index contributed by atoms with van der Waals surface area (Å²) in [7, 11) is 0. The number of hydrogen-bond acceptors (Lipinski definition) is 4. The Morgan fingerprint density at radius 1 is 0.906 bits per heavy atom. The van der Waals surface area contributed by atoms with Crippen LogP contribution in [0.5, 0.6) is 0 Å². The number of nitrogens with two attached hydrogens (primary N) is 1. The molecule has 1 atom stereocenters. The zero-order valence-electron chi connectivity index (χ0n) is 17.5. The molecule has 0 bridgehead atoms. The van der Waals surface area contributed by atoms with Crippen LogP contribution in [0.25, 0.3) is 0 Å². The van der Waals surface area contributed by atoms with E-state index < -0.39 is 16.9 Å². The summed E-state index contributed by atoms with van der Waals surface area (Å²) in [6.45, 7) is 0. The van der Waals surface area contributed by atoms with Gasteiger partial charge in [0, 0.05) is 11.9 Å². The highest BCUT2D eigenvalue weighted by molar-refractivity contribution is 7.99. The van der Waals surface area contributed by atoms with E-state index in [4.69, 9.17) is 10.8 Å². The number of thioether (sulfide) groups is 1. The van der Waals surface area contributed by atoms with Gasteiger partial charge in [-0.15, -0.1) is 11.8 Å². The quantitative estimate of drug-likeness (QED) is 0.289. The van der Waals surface area contributed by atoms with Gasteiger partial charge in [0.25, 0.3) is 0 Å². The van der Waals surface area contributed by atoms with E-state index in [-0.39, 0.29) is 6.42 Å². The molecule has 0 saturated carbocycles. The minimum Gasteiger partial charge on any atom is -0.481 e. The lowest BCUT2D eigenvalue weighted by Gasteiger charge is -2.37. The van der Waals surface area contributed by atoms with Crippen LogP contribution < -0.4 is 5.73 Å². The fourth-order valence-electron chi connectivity index (χ4n) is 4.03. The Bertz CT molecular complexity index is 1050. The van der Waals surface area contributed by atoms with Crippen molar-refractivity contribution in [3.63, 3.8) is 0 Å². The molecule has 162 valence electrons. The third-order valence-electron chi connectivity index (χ3n) is 5.42. The van der Waals surface area contributed by atoms with E-state index in [0.717, 1.165) is 22.4 Å². The molecular formula is C26H25N3O2S. The van der Waals surface area contributed by atoms with E-state index >= 15 is 0 Å². The summed E-state index contributed by atoms with van der Waals surface area (Å²) >= 11 is 1.39. The highest BCUT2D eigenvalue weighted by Crippen LogP contribution is 2.40. The first-order valence-electron chi connectivity index (χ1n) is 10.4. The highest BCUT2D eigenvalue weighted by Gasteiger charge is 2.38. The Morgan fingerprint density at radius 3 is 1.81 bits per heavy atom. The van der Waals surface area contributed by atoms with E-state index in [2.05, 4.69) is 82.3 Å². The highest BCUT2D eigenvalue weighted by atomic mass is 32.2. The summed E-state index contributed by atoms with van der Waals surface area (Å²) in [5.41, 5.74) is 9.54. The number of rotatable bonds is 9. The summed E-state index contributed by atoms with van der Waals surface area (Å²) in [5.74, 6) is -0.359. The second-order valence-electron chi connectivity index (χ2n) is 7.53. The van der Waals surface area contributed by atoms with Crippen LogP contribution in [0.1, 0.15) is 28.8 Å². The monoisotopic (exact) mass is 443 g/mol. The molecule has 0 spiro atoms. The lowest BCUT2D eigenvalue weighted by molar-refractivity contribution is -0.136. The minimum atomic E-state index is -0.897. The summed E-state index contributed by atoms with van der Waals surface area (Å²) in [6, 6.07) is 31.2. The Labute approximate surface area is 191 Å². The van der Waals surface area contributed by atoms with E-state index in [1.165, 1.54) is 11.8 Å². The number of aromatic nitrogens is 2. The predicted molar refractivity (Wildman–Crippen MR) is 128 cm³/mol. The Balaban J connectivity index is 1.82. The number of carboxylic acids is 1. The smallest absolute Gasteiger partial charge is 0.305 e. The number of hydrogen-bond donors (Lipinski definition) is 2. The van der Waals surface area contributed by atoms with E-state index in [0.29, 0.717) is 5.75 Å². The summed E-state index contributed by atoms with van der Waals surface area (Å²) in [5, 5.41) is 8.48. The van der Waals surface area contributed by atoms with Crippen LogP contribution in [0.4, 0.5) is 0 Å². The van der Waals surface area contributed by atoms with Crippen LogP contribution in [0.3, 0.4) is 0 Å². The molecule has 0 aliphatic heterocycles. The molecule has 32 heavy (non-hydrogen) atoms. The molecule has 3 N–H and O–H groups in total. The number of carbonyl (C=O) groups is 1. The van der Waals surface area contributed by atoms with Crippen LogP contribution in [0.15, 0.2) is 104 Å². The van der Waals surface area contributed by atoms with Crippen LogP contribution in [-0.2, 0) is 16.1 Å². The van der Waals surface area contributed by atoms with Gasteiger partial charge in [-0.2, -0.15) is 0 Å².